The number of rotatable bonds is 3. The molecule has 0 aliphatic carbocycles. The lowest BCUT2D eigenvalue weighted by atomic mass is 10.0. The Morgan fingerprint density at radius 1 is 1.48 bits per heavy atom. The standard InChI is InChI=1S/C14H12ClFN4O3/c15-10-6-9-2-1-4-19(14(9)11(16)7-10)13(21)8-18-5-3-12(17-18)20(22)23/h3,5-7H,1-2,4,8H2. The van der Waals surface area contributed by atoms with Gasteiger partial charge in [0.05, 0.1) is 23.0 Å². The molecule has 0 unspecified atom stereocenters. The van der Waals surface area contributed by atoms with E-state index in [9.17, 15) is 19.3 Å². The van der Waals surface area contributed by atoms with Crippen LogP contribution >= 0.6 is 11.6 Å². The SMILES string of the molecule is O=C(Cn1ccc([N+](=O)[O-])n1)N1CCCc2cc(Cl)cc(F)c21. The smallest absolute Gasteiger partial charge is 0.358 e. The first kappa shape index (κ1) is 15.4. The Labute approximate surface area is 135 Å². The van der Waals surface area contributed by atoms with Crippen LogP contribution in [0, 0.1) is 15.9 Å². The highest BCUT2D eigenvalue weighted by Gasteiger charge is 2.27. The maximum atomic E-state index is 14.2. The summed E-state index contributed by atoms with van der Waals surface area (Å²) in [6.45, 7) is 0.184. The number of benzene rings is 1. The quantitative estimate of drug-likeness (QED) is 0.636. The van der Waals surface area contributed by atoms with E-state index >= 15 is 0 Å². The van der Waals surface area contributed by atoms with Gasteiger partial charge in [-0.3, -0.25) is 4.79 Å². The van der Waals surface area contributed by atoms with Gasteiger partial charge in [-0.05, 0) is 35.5 Å². The lowest BCUT2D eigenvalue weighted by Gasteiger charge is -2.29. The molecular formula is C14H12ClFN4O3. The Balaban J connectivity index is 1.85. The zero-order chi connectivity index (χ0) is 16.6. The molecule has 1 amide bonds. The summed E-state index contributed by atoms with van der Waals surface area (Å²) < 4.78 is 15.4. The number of nitrogens with zero attached hydrogens (tertiary/aromatic N) is 4. The van der Waals surface area contributed by atoms with Gasteiger partial charge in [0.15, 0.2) is 0 Å². The molecule has 3 rings (SSSR count). The molecule has 2 heterocycles. The molecule has 1 aliphatic rings. The van der Waals surface area contributed by atoms with Gasteiger partial charge >= 0.3 is 5.82 Å². The van der Waals surface area contributed by atoms with Crippen LogP contribution in [0.15, 0.2) is 24.4 Å². The second-order valence-corrected chi connectivity index (χ2v) is 5.61. The highest BCUT2D eigenvalue weighted by Crippen LogP contribution is 2.33. The number of hydrogen-bond acceptors (Lipinski definition) is 4. The van der Waals surface area contributed by atoms with Crippen molar-refractivity contribution in [2.75, 3.05) is 11.4 Å². The van der Waals surface area contributed by atoms with E-state index < -0.39 is 10.7 Å². The van der Waals surface area contributed by atoms with Crippen molar-refractivity contribution in [3.05, 3.63) is 50.9 Å². The second-order valence-electron chi connectivity index (χ2n) is 5.17. The number of amides is 1. The summed E-state index contributed by atoms with van der Waals surface area (Å²) in [5.41, 5.74) is 0.911. The number of hydrogen-bond donors (Lipinski definition) is 0. The van der Waals surface area contributed by atoms with Crippen LogP contribution in [0.4, 0.5) is 15.9 Å². The van der Waals surface area contributed by atoms with Crippen molar-refractivity contribution in [2.24, 2.45) is 0 Å². The molecule has 1 aromatic heterocycles. The van der Waals surface area contributed by atoms with E-state index in [1.54, 1.807) is 6.07 Å². The highest BCUT2D eigenvalue weighted by atomic mass is 35.5. The summed E-state index contributed by atoms with van der Waals surface area (Å²) in [7, 11) is 0. The van der Waals surface area contributed by atoms with Gasteiger partial charge in [0.1, 0.15) is 12.4 Å². The van der Waals surface area contributed by atoms with Crippen molar-refractivity contribution in [1.82, 2.24) is 9.78 Å². The molecule has 120 valence electrons. The minimum atomic E-state index is -0.640. The van der Waals surface area contributed by atoms with Crippen LogP contribution in [0.2, 0.25) is 5.02 Å². The van der Waals surface area contributed by atoms with E-state index in [1.807, 2.05) is 0 Å². The molecular weight excluding hydrogens is 327 g/mol. The zero-order valence-electron chi connectivity index (χ0n) is 11.9. The summed E-state index contributed by atoms with van der Waals surface area (Å²) in [6.07, 6.45) is 2.68. The zero-order valence-corrected chi connectivity index (χ0v) is 12.7. The number of nitro groups is 1. The first-order valence-corrected chi connectivity index (χ1v) is 7.29. The molecule has 2 aromatic rings. The Morgan fingerprint density at radius 2 is 2.26 bits per heavy atom. The van der Waals surface area contributed by atoms with Crippen molar-refractivity contribution in [1.29, 1.82) is 0 Å². The third-order valence-electron chi connectivity index (χ3n) is 3.62. The van der Waals surface area contributed by atoms with E-state index in [2.05, 4.69) is 5.10 Å². The Morgan fingerprint density at radius 3 is 2.96 bits per heavy atom. The monoisotopic (exact) mass is 338 g/mol. The van der Waals surface area contributed by atoms with Crippen LogP contribution in [-0.2, 0) is 17.8 Å². The number of aromatic nitrogens is 2. The average molecular weight is 339 g/mol. The van der Waals surface area contributed by atoms with Gasteiger partial charge in [0.25, 0.3) is 5.91 Å². The van der Waals surface area contributed by atoms with E-state index in [-0.39, 0.29) is 24.0 Å². The molecule has 0 saturated heterocycles. The van der Waals surface area contributed by atoms with Crippen LogP contribution in [-0.4, -0.2) is 27.2 Å². The van der Waals surface area contributed by atoms with Gasteiger partial charge in [-0.1, -0.05) is 11.6 Å². The average Bonchev–Trinajstić information content (AvgIpc) is 2.95. The minimum absolute atomic E-state index is 0.199. The largest absolute Gasteiger partial charge is 0.389 e. The fourth-order valence-electron chi connectivity index (χ4n) is 2.66. The number of aryl methyl sites for hydroxylation is 1. The molecule has 0 fully saturated rings. The summed E-state index contributed by atoms with van der Waals surface area (Å²) >= 11 is 5.85. The molecule has 0 saturated carbocycles. The number of anilines is 1. The van der Waals surface area contributed by atoms with Gasteiger partial charge in [-0.25, -0.2) is 4.39 Å². The maximum Gasteiger partial charge on any atom is 0.389 e. The summed E-state index contributed by atoms with van der Waals surface area (Å²) in [6, 6.07) is 4.03. The molecule has 1 aliphatic heterocycles. The second kappa shape index (κ2) is 5.96. The van der Waals surface area contributed by atoms with Crippen LogP contribution < -0.4 is 4.90 Å². The molecule has 0 radical (unpaired) electrons. The van der Waals surface area contributed by atoms with Gasteiger partial charge in [0, 0.05) is 11.6 Å². The van der Waals surface area contributed by atoms with E-state index in [0.29, 0.717) is 30.0 Å². The highest BCUT2D eigenvalue weighted by molar-refractivity contribution is 6.30. The third kappa shape index (κ3) is 3.02. The Bertz CT molecular complexity index is 792. The molecule has 7 nitrogen and oxygen atoms in total. The van der Waals surface area contributed by atoms with Crippen LogP contribution in [0.1, 0.15) is 12.0 Å². The third-order valence-corrected chi connectivity index (χ3v) is 3.84. The van der Waals surface area contributed by atoms with Crippen molar-refractivity contribution in [3.8, 4) is 0 Å². The normalized spacial score (nSPS) is 13.7. The number of carbonyl (C=O) groups excluding carboxylic acids is 1. The van der Waals surface area contributed by atoms with Crippen LogP contribution in [0.5, 0.6) is 0 Å². The predicted octanol–water partition coefficient (Wildman–Crippen LogP) is 2.56. The topological polar surface area (TPSA) is 81.3 Å². The van der Waals surface area contributed by atoms with E-state index in [0.717, 1.165) is 0 Å². The first-order chi connectivity index (χ1) is 11.0. The Hall–Kier alpha value is -2.48. The number of carbonyl (C=O) groups is 1. The van der Waals surface area contributed by atoms with Crippen molar-refractivity contribution in [3.63, 3.8) is 0 Å². The van der Waals surface area contributed by atoms with E-state index in [4.69, 9.17) is 11.6 Å². The van der Waals surface area contributed by atoms with E-state index in [1.165, 1.54) is 27.9 Å². The summed E-state index contributed by atoms with van der Waals surface area (Å²) in [5.74, 6) is -1.27. The molecule has 0 spiro atoms. The Kier molecular flexibility index (Phi) is 3.99. The van der Waals surface area contributed by atoms with Crippen LogP contribution in [0.25, 0.3) is 0 Å². The minimum Gasteiger partial charge on any atom is -0.358 e. The fourth-order valence-corrected chi connectivity index (χ4v) is 2.89. The predicted molar refractivity (Wildman–Crippen MR) is 81.0 cm³/mol. The lowest BCUT2D eigenvalue weighted by Crippen LogP contribution is -2.38. The molecule has 0 atom stereocenters. The molecule has 0 bridgehead atoms. The number of fused-ring (bicyclic) bond motifs is 1. The van der Waals surface area contributed by atoms with Gasteiger partial charge < -0.3 is 15.0 Å². The van der Waals surface area contributed by atoms with Crippen molar-refractivity contribution in [2.45, 2.75) is 19.4 Å². The maximum absolute atomic E-state index is 14.2. The lowest BCUT2D eigenvalue weighted by molar-refractivity contribution is -0.389. The molecule has 9 heteroatoms. The van der Waals surface area contributed by atoms with Crippen molar-refractivity contribution >= 4 is 29.0 Å². The molecule has 0 N–H and O–H groups in total. The van der Waals surface area contributed by atoms with Gasteiger partial charge in [0.2, 0.25) is 0 Å². The first-order valence-electron chi connectivity index (χ1n) is 6.92. The molecule has 23 heavy (non-hydrogen) atoms. The van der Waals surface area contributed by atoms with Gasteiger partial charge in [-0.15, -0.1) is 0 Å². The fraction of sp³-hybridized carbons (Fsp3) is 0.286. The summed E-state index contributed by atoms with van der Waals surface area (Å²) in [4.78, 5) is 23.8. The van der Waals surface area contributed by atoms with Gasteiger partial charge in [-0.2, -0.15) is 4.68 Å². The van der Waals surface area contributed by atoms with Crippen molar-refractivity contribution < 1.29 is 14.1 Å². The molecule has 1 aromatic carbocycles. The van der Waals surface area contributed by atoms with Crippen LogP contribution in [0.3, 0.4) is 0 Å². The number of halogens is 2. The summed E-state index contributed by atoms with van der Waals surface area (Å²) in [5, 5.41) is 14.6.